The van der Waals surface area contributed by atoms with Crippen LogP contribution in [0.3, 0.4) is 0 Å². The van der Waals surface area contributed by atoms with Gasteiger partial charge in [0.25, 0.3) is 5.69 Å². The van der Waals surface area contributed by atoms with Gasteiger partial charge in [0.2, 0.25) is 0 Å². The molecule has 0 aliphatic rings. The van der Waals surface area contributed by atoms with Crippen LogP contribution >= 0.6 is 34.5 Å². The Morgan fingerprint density at radius 3 is 2.64 bits per heavy atom. The Hall–Kier alpha value is -1.89. The fourth-order valence-electron chi connectivity index (χ4n) is 1.99. The Balaban J connectivity index is 1.98. The number of nitro benzene ring substituents is 1. The summed E-state index contributed by atoms with van der Waals surface area (Å²) in [6.45, 7) is 1.96. The number of non-ortho nitro benzene ring substituents is 1. The van der Waals surface area contributed by atoms with Gasteiger partial charge < -0.3 is 5.32 Å². The van der Waals surface area contributed by atoms with E-state index in [0.29, 0.717) is 15.8 Å². The standard InChI is InChI=1S/C14H9Cl2N3O2S/c1-7-2-4-9(15)13-12(7)18-14(22-13)17-11-5-3-8(19(20)21)6-10(11)16/h2-6H,1H3,(H,17,18). The molecular formula is C14H9Cl2N3O2S. The van der Waals surface area contributed by atoms with Crippen molar-refractivity contribution in [2.24, 2.45) is 0 Å². The van der Waals surface area contributed by atoms with Crippen molar-refractivity contribution in [1.82, 2.24) is 4.98 Å². The predicted molar refractivity (Wildman–Crippen MR) is 90.8 cm³/mol. The van der Waals surface area contributed by atoms with Gasteiger partial charge in [0.15, 0.2) is 5.13 Å². The Morgan fingerprint density at radius 2 is 2.00 bits per heavy atom. The summed E-state index contributed by atoms with van der Waals surface area (Å²) in [5.74, 6) is 0. The molecule has 1 N–H and O–H groups in total. The van der Waals surface area contributed by atoms with E-state index < -0.39 is 4.92 Å². The van der Waals surface area contributed by atoms with Gasteiger partial charge in [-0.1, -0.05) is 40.6 Å². The number of aromatic nitrogens is 1. The van der Waals surface area contributed by atoms with Crippen molar-refractivity contribution in [3.05, 3.63) is 56.1 Å². The maximum atomic E-state index is 10.7. The molecular weight excluding hydrogens is 345 g/mol. The van der Waals surface area contributed by atoms with Gasteiger partial charge in [-0.15, -0.1) is 0 Å². The van der Waals surface area contributed by atoms with E-state index in [1.54, 1.807) is 6.07 Å². The molecule has 0 bridgehead atoms. The Morgan fingerprint density at radius 1 is 1.23 bits per heavy atom. The van der Waals surface area contributed by atoms with Crippen molar-refractivity contribution >= 4 is 61.3 Å². The summed E-state index contributed by atoms with van der Waals surface area (Å²) in [4.78, 5) is 14.7. The van der Waals surface area contributed by atoms with Crippen LogP contribution in [0, 0.1) is 17.0 Å². The highest BCUT2D eigenvalue weighted by Gasteiger charge is 2.13. The topological polar surface area (TPSA) is 68.1 Å². The largest absolute Gasteiger partial charge is 0.330 e. The van der Waals surface area contributed by atoms with Gasteiger partial charge in [-0.25, -0.2) is 4.98 Å². The molecule has 0 amide bonds. The summed E-state index contributed by atoms with van der Waals surface area (Å²) < 4.78 is 0.891. The zero-order valence-electron chi connectivity index (χ0n) is 11.3. The molecule has 0 saturated carbocycles. The minimum Gasteiger partial charge on any atom is -0.330 e. The molecule has 0 aliphatic carbocycles. The molecule has 22 heavy (non-hydrogen) atoms. The van der Waals surface area contributed by atoms with Crippen LogP contribution in [-0.4, -0.2) is 9.91 Å². The normalized spacial score (nSPS) is 10.9. The highest BCUT2D eigenvalue weighted by Crippen LogP contribution is 2.36. The first-order chi connectivity index (χ1) is 10.5. The van der Waals surface area contributed by atoms with E-state index in [4.69, 9.17) is 23.2 Å². The third-order valence-electron chi connectivity index (χ3n) is 3.10. The third kappa shape index (κ3) is 2.72. The quantitative estimate of drug-likeness (QED) is 0.494. The first kappa shape index (κ1) is 15.0. The van der Waals surface area contributed by atoms with Gasteiger partial charge >= 0.3 is 0 Å². The summed E-state index contributed by atoms with van der Waals surface area (Å²) >= 11 is 13.6. The third-order valence-corrected chi connectivity index (χ3v) is 4.85. The van der Waals surface area contributed by atoms with Gasteiger partial charge in [0.1, 0.15) is 0 Å². The lowest BCUT2D eigenvalue weighted by molar-refractivity contribution is -0.384. The van der Waals surface area contributed by atoms with Gasteiger partial charge in [-0.3, -0.25) is 10.1 Å². The zero-order chi connectivity index (χ0) is 15.9. The van der Waals surface area contributed by atoms with E-state index >= 15 is 0 Å². The summed E-state index contributed by atoms with van der Waals surface area (Å²) in [6.07, 6.45) is 0. The molecule has 0 aliphatic heterocycles. The summed E-state index contributed by atoms with van der Waals surface area (Å²) in [7, 11) is 0. The molecule has 0 radical (unpaired) electrons. The van der Waals surface area contributed by atoms with Crippen molar-refractivity contribution in [2.75, 3.05) is 5.32 Å². The van der Waals surface area contributed by atoms with E-state index in [-0.39, 0.29) is 10.7 Å². The number of hydrogen-bond acceptors (Lipinski definition) is 5. The van der Waals surface area contributed by atoms with Gasteiger partial charge in [0.05, 0.1) is 30.9 Å². The van der Waals surface area contributed by atoms with Crippen LogP contribution in [0.2, 0.25) is 10.0 Å². The second kappa shape index (κ2) is 5.72. The second-order valence-electron chi connectivity index (χ2n) is 4.61. The minimum atomic E-state index is -0.490. The smallest absolute Gasteiger partial charge is 0.271 e. The van der Waals surface area contributed by atoms with E-state index in [9.17, 15) is 10.1 Å². The molecule has 1 heterocycles. The van der Waals surface area contributed by atoms with E-state index in [2.05, 4.69) is 10.3 Å². The van der Waals surface area contributed by atoms with Crippen molar-refractivity contribution in [2.45, 2.75) is 6.92 Å². The predicted octanol–water partition coefficient (Wildman–Crippen LogP) is 5.56. The SMILES string of the molecule is Cc1ccc(Cl)c2sc(Nc3ccc([N+](=O)[O-])cc3Cl)nc12. The number of nitrogens with zero attached hydrogens (tertiary/aromatic N) is 2. The fourth-order valence-corrected chi connectivity index (χ4v) is 3.44. The highest BCUT2D eigenvalue weighted by molar-refractivity contribution is 7.22. The molecule has 3 aromatic rings. The molecule has 0 spiro atoms. The number of nitro groups is 1. The number of fused-ring (bicyclic) bond motifs is 1. The first-order valence-electron chi connectivity index (χ1n) is 6.22. The van der Waals surface area contributed by atoms with Crippen LogP contribution in [0.1, 0.15) is 5.56 Å². The van der Waals surface area contributed by atoms with Crippen LogP contribution in [0.4, 0.5) is 16.5 Å². The second-order valence-corrected chi connectivity index (χ2v) is 6.42. The molecule has 2 aromatic carbocycles. The number of rotatable bonds is 3. The van der Waals surface area contributed by atoms with Crippen LogP contribution in [0.15, 0.2) is 30.3 Å². The van der Waals surface area contributed by atoms with Crippen LogP contribution in [0.5, 0.6) is 0 Å². The lowest BCUT2D eigenvalue weighted by Crippen LogP contribution is -1.93. The Bertz CT molecular complexity index is 856. The minimum absolute atomic E-state index is 0.0567. The summed E-state index contributed by atoms with van der Waals surface area (Å²) in [5, 5.41) is 15.3. The Kier molecular flexibility index (Phi) is 3.90. The maximum Gasteiger partial charge on any atom is 0.271 e. The zero-order valence-corrected chi connectivity index (χ0v) is 13.6. The van der Waals surface area contributed by atoms with Crippen molar-refractivity contribution in [1.29, 1.82) is 0 Å². The Labute approximate surface area is 139 Å². The number of nitrogens with one attached hydrogen (secondary N) is 1. The average Bonchev–Trinajstić information content (AvgIpc) is 2.90. The van der Waals surface area contributed by atoms with Crippen molar-refractivity contribution < 1.29 is 4.92 Å². The highest BCUT2D eigenvalue weighted by atomic mass is 35.5. The molecule has 0 saturated heterocycles. The molecule has 0 unspecified atom stereocenters. The maximum absolute atomic E-state index is 10.7. The number of anilines is 2. The van der Waals surface area contributed by atoms with Crippen LogP contribution in [-0.2, 0) is 0 Å². The van der Waals surface area contributed by atoms with Gasteiger partial charge in [-0.2, -0.15) is 0 Å². The molecule has 112 valence electrons. The van der Waals surface area contributed by atoms with E-state index in [1.165, 1.54) is 23.5 Å². The lowest BCUT2D eigenvalue weighted by atomic mass is 10.2. The molecule has 0 fully saturated rings. The van der Waals surface area contributed by atoms with E-state index in [1.807, 2.05) is 19.1 Å². The summed E-state index contributed by atoms with van der Waals surface area (Å²) in [6, 6.07) is 7.99. The van der Waals surface area contributed by atoms with Crippen LogP contribution in [0.25, 0.3) is 10.2 Å². The fraction of sp³-hybridized carbons (Fsp3) is 0.0714. The van der Waals surface area contributed by atoms with Crippen molar-refractivity contribution in [3.63, 3.8) is 0 Å². The number of aryl methyl sites for hydroxylation is 1. The molecule has 3 rings (SSSR count). The van der Waals surface area contributed by atoms with Crippen molar-refractivity contribution in [3.8, 4) is 0 Å². The molecule has 5 nitrogen and oxygen atoms in total. The number of thiazole rings is 1. The van der Waals surface area contributed by atoms with Gasteiger partial charge in [-0.05, 0) is 24.6 Å². The molecule has 8 heteroatoms. The van der Waals surface area contributed by atoms with Crippen LogP contribution < -0.4 is 5.32 Å². The molecule has 0 atom stereocenters. The lowest BCUT2D eigenvalue weighted by Gasteiger charge is -2.04. The first-order valence-corrected chi connectivity index (χ1v) is 7.79. The van der Waals surface area contributed by atoms with Gasteiger partial charge in [0, 0.05) is 12.1 Å². The number of benzene rings is 2. The molecule has 1 aromatic heterocycles. The summed E-state index contributed by atoms with van der Waals surface area (Å²) in [5.41, 5.74) is 2.36. The monoisotopic (exact) mass is 353 g/mol. The average molecular weight is 354 g/mol. The number of hydrogen-bond donors (Lipinski definition) is 1. The number of halogens is 2. The van der Waals surface area contributed by atoms with E-state index in [0.717, 1.165) is 15.8 Å².